The molecule has 1 aromatic carbocycles. The van der Waals surface area contributed by atoms with Gasteiger partial charge in [0.2, 0.25) is 0 Å². The minimum atomic E-state index is 0.199. The van der Waals surface area contributed by atoms with Gasteiger partial charge in [-0.1, -0.05) is 6.07 Å². The summed E-state index contributed by atoms with van der Waals surface area (Å²) in [6.07, 6.45) is 2.49. The van der Waals surface area contributed by atoms with Gasteiger partial charge in [0.25, 0.3) is 0 Å². The summed E-state index contributed by atoms with van der Waals surface area (Å²) in [5, 5.41) is 3.63. The van der Waals surface area contributed by atoms with Crippen LogP contribution >= 0.6 is 0 Å². The number of rotatable bonds is 1. The van der Waals surface area contributed by atoms with E-state index in [0.29, 0.717) is 12.1 Å². The van der Waals surface area contributed by atoms with Gasteiger partial charge in [0.05, 0.1) is 19.8 Å². The van der Waals surface area contributed by atoms with E-state index in [4.69, 9.17) is 9.47 Å². The topological polar surface area (TPSA) is 30.5 Å². The molecular weight excluding hydrogens is 214 g/mol. The van der Waals surface area contributed by atoms with Crippen molar-refractivity contribution in [2.45, 2.75) is 38.0 Å². The highest BCUT2D eigenvalue weighted by atomic mass is 16.5. The van der Waals surface area contributed by atoms with Gasteiger partial charge in [-0.3, -0.25) is 0 Å². The zero-order chi connectivity index (χ0) is 11.8. The molecule has 0 aromatic heterocycles. The largest absolute Gasteiger partial charge is 0.497 e. The van der Waals surface area contributed by atoms with Crippen molar-refractivity contribution in [1.82, 2.24) is 5.32 Å². The van der Waals surface area contributed by atoms with Crippen LogP contribution in [0.15, 0.2) is 18.2 Å². The monoisotopic (exact) mass is 233 g/mol. The molecule has 17 heavy (non-hydrogen) atoms. The van der Waals surface area contributed by atoms with E-state index in [1.165, 1.54) is 11.1 Å². The summed E-state index contributed by atoms with van der Waals surface area (Å²) in [6.45, 7) is 2.97. The molecule has 0 radical (unpaired) electrons. The van der Waals surface area contributed by atoms with Gasteiger partial charge in [-0.25, -0.2) is 0 Å². The lowest BCUT2D eigenvalue weighted by Gasteiger charge is -2.40. The predicted octanol–water partition coefficient (Wildman–Crippen LogP) is 2.06. The van der Waals surface area contributed by atoms with Crippen LogP contribution in [0.5, 0.6) is 5.75 Å². The van der Waals surface area contributed by atoms with E-state index in [-0.39, 0.29) is 6.10 Å². The van der Waals surface area contributed by atoms with Gasteiger partial charge < -0.3 is 14.8 Å². The molecule has 1 N–H and O–H groups in total. The van der Waals surface area contributed by atoms with Gasteiger partial charge in [0.1, 0.15) is 5.75 Å². The molecule has 3 unspecified atom stereocenters. The third kappa shape index (κ3) is 1.94. The summed E-state index contributed by atoms with van der Waals surface area (Å²) in [4.78, 5) is 0. The second kappa shape index (κ2) is 4.31. The SMILES string of the molecule is COc1ccc2c(c1)C1OCC(C)NC1CC2. The van der Waals surface area contributed by atoms with Crippen LogP contribution in [0.1, 0.15) is 30.6 Å². The molecule has 0 saturated carbocycles. The number of ether oxygens (including phenoxy) is 2. The number of morpholine rings is 1. The number of methoxy groups -OCH3 is 1. The highest BCUT2D eigenvalue weighted by Gasteiger charge is 2.34. The minimum absolute atomic E-state index is 0.199. The average Bonchev–Trinajstić information content (AvgIpc) is 2.37. The molecule has 3 rings (SSSR count). The Morgan fingerprint density at radius 1 is 1.41 bits per heavy atom. The van der Waals surface area contributed by atoms with Crippen LogP contribution in [0.3, 0.4) is 0 Å². The van der Waals surface area contributed by atoms with Crippen LogP contribution in [0.4, 0.5) is 0 Å². The molecule has 2 aliphatic rings. The van der Waals surface area contributed by atoms with Gasteiger partial charge in [0, 0.05) is 12.1 Å². The molecule has 3 atom stereocenters. The molecule has 1 aliphatic heterocycles. The molecule has 0 spiro atoms. The van der Waals surface area contributed by atoms with E-state index in [1.54, 1.807) is 7.11 Å². The highest BCUT2D eigenvalue weighted by Crippen LogP contribution is 2.36. The lowest BCUT2D eigenvalue weighted by Crippen LogP contribution is -2.50. The third-order valence-electron chi connectivity index (χ3n) is 3.77. The number of aryl methyl sites for hydroxylation is 1. The number of benzene rings is 1. The Balaban J connectivity index is 1.94. The Kier molecular flexibility index (Phi) is 2.81. The van der Waals surface area contributed by atoms with Crippen molar-refractivity contribution in [2.24, 2.45) is 0 Å². The molecule has 0 amide bonds. The number of fused-ring (bicyclic) bond motifs is 3. The van der Waals surface area contributed by atoms with Crippen molar-refractivity contribution in [2.75, 3.05) is 13.7 Å². The molecular formula is C14H19NO2. The van der Waals surface area contributed by atoms with Crippen molar-refractivity contribution >= 4 is 0 Å². The summed E-state index contributed by atoms with van der Waals surface area (Å²) >= 11 is 0. The number of hydrogen-bond donors (Lipinski definition) is 1. The van der Waals surface area contributed by atoms with E-state index in [9.17, 15) is 0 Å². The predicted molar refractivity (Wildman–Crippen MR) is 66.4 cm³/mol. The summed E-state index contributed by atoms with van der Waals surface area (Å²) in [5.41, 5.74) is 2.71. The first-order valence-corrected chi connectivity index (χ1v) is 6.32. The van der Waals surface area contributed by atoms with Crippen molar-refractivity contribution in [3.05, 3.63) is 29.3 Å². The molecule has 92 valence electrons. The maximum absolute atomic E-state index is 6.00. The Morgan fingerprint density at radius 2 is 2.29 bits per heavy atom. The maximum Gasteiger partial charge on any atom is 0.119 e. The van der Waals surface area contributed by atoms with E-state index in [1.807, 2.05) is 6.07 Å². The van der Waals surface area contributed by atoms with Crippen LogP contribution in [-0.2, 0) is 11.2 Å². The smallest absolute Gasteiger partial charge is 0.119 e. The van der Waals surface area contributed by atoms with E-state index in [2.05, 4.69) is 24.4 Å². The van der Waals surface area contributed by atoms with Gasteiger partial charge in [-0.05, 0) is 43.0 Å². The van der Waals surface area contributed by atoms with Gasteiger partial charge in [-0.2, -0.15) is 0 Å². The zero-order valence-corrected chi connectivity index (χ0v) is 10.4. The minimum Gasteiger partial charge on any atom is -0.497 e. The fraction of sp³-hybridized carbons (Fsp3) is 0.571. The standard InChI is InChI=1S/C14H19NO2/c1-9-8-17-14-12-7-11(16-2)5-3-10(12)4-6-13(14)15-9/h3,5,7,9,13-15H,4,6,8H2,1-2H3. The van der Waals surface area contributed by atoms with E-state index in [0.717, 1.165) is 25.2 Å². The first-order chi connectivity index (χ1) is 8.28. The molecule has 1 aliphatic carbocycles. The van der Waals surface area contributed by atoms with Gasteiger partial charge in [0.15, 0.2) is 0 Å². The second-order valence-electron chi connectivity index (χ2n) is 5.03. The van der Waals surface area contributed by atoms with E-state index >= 15 is 0 Å². The van der Waals surface area contributed by atoms with Gasteiger partial charge in [-0.15, -0.1) is 0 Å². The first kappa shape index (κ1) is 11.1. The fourth-order valence-electron chi connectivity index (χ4n) is 2.91. The van der Waals surface area contributed by atoms with Crippen LogP contribution < -0.4 is 10.1 Å². The molecule has 1 saturated heterocycles. The zero-order valence-electron chi connectivity index (χ0n) is 10.4. The Morgan fingerprint density at radius 3 is 3.12 bits per heavy atom. The quantitative estimate of drug-likeness (QED) is 0.805. The summed E-state index contributed by atoms with van der Waals surface area (Å²) in [5.74, 6) is 0.923. The first-order valence-electron chi connectivity index (χ1n) is 6.32. The molecule has 3 heteroatoms. The van der Waals surface area contributed by atoms with Crippen LogP contribution in [-0.4, -0.2) is 25.8 Å². The normalized spacial score (nSPS) is 31.5. The lowest BCUT2D eigenvalue weighted by atomic mass is 9.84. The number of hydrogen-bond acceptors (Lipinski definition) is 3. The molecule has 1 aromatic rings. The van der Waals surface area contributed by atoms with Crippen LogP contribution in [0.2, 0.25) is 0 Å². The molecule has 3 nitrogen and oxygen atoms in total. The molecule has 0 bridgehead atoms. The summed E-state index contributed by atoms with van der Waals surface area (Å²) in [7, 11) is 1.71. The van der Waals surface area contributed by atoms with E-state index < -0.39 is 0 Å². The lowest BCUT2D eigenvalue weighted by molar-refractivity contribution is -0.0325. The summed E-state index contributed by atoms with van der Waals surface area (Å²) < 4.78 is 11.3. The maximum atomic E-state index is 6.00. The van der Waals surface area contributed by atoms with Crippen LogP contribution in [0.25, 0.3) is 0 Å². The third-order valence-corrected chi connectivity index (χ3v) is 3.77. The Hall–Kier alpha value is -1.06. The summed E-state index contributed by atoms with van der Waals surface area (Å²) in [6, 6.07) is 7.26. The Labute approximate surface area is 102 Å². The Bertz CT molecular complexity index is 419. The van der Waals surface area contributed by atoms with Crippen molar-refractivity contribution in [3.8, 4) is 5.75 Å². The fourth-order valence-corrected chi connectivity index (χ4v) is 2.91. The highest BCUT2D eigenvalue weighted by molar-refractivity contribution is 5.40. The van der Waals surface area contributed by atoms with Gasteiger partial charge >= 0.3 is 0 Å². The van der Waals surface area contributed by atoms with Crippen LogP contribution in [0, 0.1) is 0 Å². The molecule has 1 fully saturated rings. The molecule has 1 heterocycles. The number of nitrogens with one attached hydrogen (secondary N) is 1. The average molecular weight is 233 g/mol. The second-order valence-corrected chi connectivity index (χ2v) is 5.03. The van der Waals surface area contributed by atoms with Crippen molar-refractivity contribution in [3.63, 3.8) is 0 Å². The van der Waals surface area contributed by atoms with Crippen molar-refractivity contribution in [1.29, 1.82) is 0 Å². The van der Waals surface area contributed by atoms with Crippen molar-refractivity contribution < 1.29 is 9.47 Å².